The average Bonchev–Trinajstić information content (AvgIpc) is 2.58. The van der Waals surface area contributed by atoms with Crippen LogP contribution in [0, 0.1) is 6.92 Å². The van der Waals surface area contributed by atoms with Gasteiger partial charge in [-0.15, -0.1) is 0 Å². The molecule has 2 aromatic rings. The maximum Gasteiger partial charge on any atom is 0.177 e. The van der Waals surface area contributed by atoms with Gasteiger partial charge in [0.2, 0.25) is 0 Å². The molecule has 2 rings (SSSR count). The van der Waals surface area contributed by atoms with Crippen molar-refractivity contribution in [3.63, 3.8) is 0 Å². The van der Waals surface area contributed by atoms with Gasteiger partial charge in [-0.2, -0.15) is 0 Å². The highest BCUT2D eigenvalue weighted by molar-refractivity contribution is 5.70. The van der Waals surface area contributed by atoms with Crippen LogP contribution in [-0.4, -0.2) is 21.0 Å². The summed E-state index contributed by atoms with van der Waals surface area (Å²) in [7, 11) is 0. The van der Waals surface area contributed by atoms with Crippen LogP contribution in [0.5, 0.6) is 0 Å². The number of fused-ring (bicyclic) bond motifs is 1. The third-order valence-corrected chi connectivity index (χ3v) is 2.61. The third kappa shape index (κ3) is 2.58. The second kappa shape index (κ2) is 4.61. The molecule has 0 bridgehead atoms. The van der Waals surface area contributed by atoms with Crippen LogP contribution in [0.15, 0.2) is 12.1 Å². The molecule has 1 unspecified atom stereocenters. The van der Waals surface area contributed by atoms with Crippen LogP contribution in [0.4, 0.5) is 0 Å². The number of rotatable bonds is 4. The number of aromatic amines is 1. The minimum absolute atomic E-state index is 0.268. The van der Waals surface area contributed by atoms with E-state index in [0.717, 1.165) is 41.9 Å². The minimum atomic E-state index is 0.268. The van der Waals surface area contributed by atoms with Crippen molar-refractivity contribution in [3.05, 3.63) is 23.7 Å². The van der Waals surface area contributed by atoms with Crippen molar-refractivity contribution in [2.24, 2.45) is 5.73 Å². The molecule has 0 saturated heterocycles. The molecule has 4 heteroatoms. The highest BCUT2D eigenvalue weighted by atomic mass is 15.0. The van der Waals surface area contributed by atoms with Crippen molar-refractivity contribution in [1.29, 1.82) is 0 Å². The molecule has 0 saturated carbocycles. The van der Waals surface area contributed by atoms with Gasteiger partial charge in [0.25, 0.3) is 0 Å². The van der Waals surface area contributed by atoms with Gasteiger partial charge in [0.1, 0.15) is 5.82 Å². The van der Waals surface area contributed by atoms with Gasteiger partial charge < -0.3 is 10.7 Å². The van der Waals surface area contributed by atoms with Crippen molar-refractivity contribution >= 4 is 11.2 Å². The molecule has 0 aliphatic heterocycles. The molecular formula is C12H18N4. The van der Waals surface area contributed by atoms with Gasteiger partial charge in [0.05, 0.1) is 5.52 Å². The van der Waals surface area contributed by atoms with Gasteiger partial charge in [-0.3, -0.25) is 0 Å². The van der Waals surface area contributed by atoms with Crippen LogP contribution in [0.3, 0.4) is 0 Å². The van der Waals surface area contributed by atoms with Gasteiger partial charge in [0, 0.05) is 18.2 Å². The molecule has 0 radical (unpaired) electrons. The summed E-state index contributed by atoms with van der Waals surface area (Å²) in [6.07, 6.45) is 3.04. The Kier molecular flexibility index (Phi) is 3.19. The SMILES string of the molecule is Cc1ccc2[nH]c(CCCC(C)N)nc2n1. The summed E-state index contributed by atoms with van der Waals surface area (Å²) in [5, 5.41) is 0. The number of aromatic nitrogens is 3. The Balaban J connectivity index is 2.08. The van der Waals surface area contributed by atoms with Crippen LogP contribution < -0.4 is 5.73 Å². The Bertz CT molecular complexity index is 473. The van der Waals surface area contributed by atoms with Crippen LogP contribution in [0.25, 0.3) is 11.2 Å². The Morgan fingerprint density at radius 2 is 2.19 bits per heavy atom. The third-order valence-electron chi connectivity index (χ3n) is 2.61. The van der Waals surface area contributed by atoms with Crippen molar-refractivity contribution in [2.45, 2.75) is 39.2 Å². The van der Waals surface area contributed by atoms with E-state index in [2.05, 4.69) is 15.0 Å². The first-order valence-corrected chi connectivity index (χ1v) is 5.73. The lowest BCUT2D eigenvalue weighted by Gasteiger charge is -2.01. The van der Waals surface area contributed by atoms with E-state index in [4.69, 9.17) is 5.73 Å². The molecule has 0 fully saturated rings. The lowest BCUT2D eigenvalue weighted by molar-refractivity contribution is 0.616. The van der Waals surface area contributed by atoms with Gasteiger partial charge in [0.15, 0.2) is 5.65 Å². The Morgan fingerprint density at radius 3 is 2.94 bits per heavy atom. The van der Waals surface area contributed by atoms with Crippen molar-refractivity contribution in [3.8, 4) is 0 Å². The zero-order valence-corrected chi connectivity index (χ0v) is 9.83. The number of imidazole rings is 1. The summed E-state index contributed by atoms with van der Waals surface area (Å²) in [5.74, 6) is 1.01. The molecule has 0 aliphatic carbocycles. The number of nitrogens with one attached hydrogen (secondary N) is 1. The Labute approximate surface area is 95.3 Å². The molecule has 1 atom stereocenters. The lowest BCUT2D eigenvalue weighted by Crippen LogP contribution is -2.14. The van der Waals surface area contributed by atoms with E-state index in [0.29, 0.717) is 0 Å². The number of pyridine rings is 1. The first kappa shape index (κ1) is 11.1. The van der Waals surface area contributed by atoms with Crippen molar-refractivity contribution in [2.75, 3.05) is 0 Å². The van der Waals surface area contributed by atoms with Gasteiger partial charge in [-0.25, -0.2) is 9.97 Å². The van der Waals surface area contributed by atoms with Crippen molar-refractivity contribution in [1.82, 2.24) is 15.0 Å². The summed E-state index contributed by atoms with van der Waals surface area (Å²) in [4.78, 5) is 12.1. The zero-order valence-electron chi connectivity index (χ0n) is 9.83. The molecule has 0 aromatic carbocycles. The molecule has 3 N–H and O–H groups in total. The van der Waals surface area contributed by atoms with Gasteiger partial charge in [-0.1, -0.05) is 0 Å². The quantitative estimate of drug-likeness (QED) is 0.824. The van der Waals surface area contributed by atoms with E-state index in [1.54, 1.807) is 0 Å². The molecule has 0 amide bonds. The van der Waals surface area contributed by atoms with E-state index in [1.807, 2.05) is 26.0 Å². The molecule has 2 heterocycles. The highest BCUT2D eigenvalue weighted by Gasteiger charge is 2.04. The summed E-state index contributed by atoms with van der Waals surface area (Å²) < 4.78 is 0. The highest BCUT2D eigenvalue weighted by Crippen LogP contribution is 2.11. The molecule has 16 heavy (non-hydrogen) atoms. The topological polar surface area (TPSA) is 67.6 Å². The van der Waals surface area contributed by atoms with E-state index in [9.17, 15) is 0 Å². The summed E-state index contributed by atoms with van der Waals surface area (Å²) in [5.41, 5.74) is 8.54. The number of H-pyrrole nitrogens is 1. The Hall–Kier alpha value is -1.42. The van der Waals surface area contributed by atoms with E-state index in [-0.39, 0.29) is 6.04 Å². The van der Waals surface area contributed by atoms with E-state index in [1.165, 1.54) is 0 Å². The summed E-state index contributed by atoms with van der Waals surface area (Å²) >= 11 is 0. The average molecular weight is 218 g/mol. The van der Waals surface area contributed by atoms with Crippen LogP contribution in [0.1, 0.15) is 31.3 Å². The summed E-state index contributed by atoms with van der Waals surface area (Å²) in [6.45, 7) is 4.01. The molecule has 2 aromatic heterocycles. The fraction of sp³-hybridized carbons (Fsp3) is 0.500. The fourth-order valence-electron chi connectivity index (χ4n) is 1.75. The van der Waals surface area contributed by atoms with Crippen LogP contribution in [-0.2, 0) is 6.42 Å². The molecule has 0 aliphatic rings. The standard InChI is InChI=1S/C12H18N4/c1-8(13)4-3-5-11-15-10-7-6-9(2)14-12(10)16-11/h6-8H,3-5,13H2,1-2H3,(H,14,15,16). The fourth-order valence-corrected chi connectivity index (χ4v) is 1.75. The number of nitrogens with two attached hydrogens (primary N) is 1. The second-order valence-corrected chi connectivity index (χ2v) is 4.38. The maximum atomic E-state index is 5.71. The zero-order chi connectivity index (χ0) is 11.5. The smallest absolute Gasteiger partial charge is 0.177 e. The van der Waals surface area contributed by atoms with Crippen LogP contribution in [0.2, 0.25) is 0 Å². The minimum Gasteiger partial charge on any atom is -0.341 e. The van der Waals surface area contributed by atoms with Crippen LogP contribution >= 0.6 is 0 Å². The summed E-state index contributed by atoms with van der Waals surface area (Å²) in [6, 6.07) is 4.29. The number of aryl methyl sites for hydroxylation is 2. The van der Waals surface area contributed by atoms with Gasteiger partial charge in [-0.05, 0) is 38.8 Å². The lowest BCUT2D eigenvalue weighted by atomic mass is 10.1. The largest absolute Gasteiger partial charge is 0.341 e. The van der Waals surface area contributed by atoms with E-state index < -0.39 is 0 Å². The number of hydrogen-bond acceptors (Lipinski definition) is 3. The molecule has 4 nitrogen and oxygen atoms in total. The predicted molar refractivity (Wildman–Crippen MR) is 65.2 cm³/mol. The molecular weight excluding hydrogens is 200 g/mol. The normalized spacial score (nSPS) is 13.2. The first-order chi connectivity index (χ1) is 7.65. The Morgan fingerprint density at radius 1 is 1.38 bits per heavy atom. The van der Waals surface area contributed by atoms with Crippen molar-refractivity contribution < 1.29 is 0 Å². The predicted octanol–water partition coefficient (Wildman–Crippen LogP) is 1.94. The first-order valence-electron chi connectivity index (χ1n) is 5.73. The molecule has 0 spiro atoms. The van der Waals surface area contributed by atoms with Gasteiger partial charge >= 0.3 is 0 Å². The second-order valence-electron chi connectivity index (χ2n) is 4.38. The maximum absolute atomic E-state index is 5.71. The van der Waals surface area contributed by atoms with E-state index >= 15 is 0 Å². The molecule has 86 valence electrons. The number of hydrogen-bond donors (Lipinski definition) is 2. The number of nitrogens with zero attached hydrogens (tertiary/aromatic N) is 2. The monoisotopic (exact) mass is 218 g/mol.